The normalized spacial score (nSPS) is 12.9. The van der Waals surface area contributed by atoms with E-state index in [1.165, 1.54) is 0 Å². The Kier molecular flexibility index (Phi) is 10.4. The fourth-order valence-electron chi connectivity index (χ4n) is 2.41. The molecule has 0 spiro atoms. The lowest BCUT2D eigenvalue weighted by atomic mass is 10.0. The number of rotatable bonds is 11. The van der Waals surface area contributed by atoms with Crippen molar-refractivity contribution in [3.05, 3.63) is 35.9 Å². The largest absolute Gasteiger partial charge is 0.480 e. The minimum absolute atomic E-state index is 0.231. The van der Waals surface area contributed by atoms with Crippen molar-refractivity contribution in [3.63, 3.8) is 0 Å². The van der Waals surface area contributed by atoms with Gasteiger partial charge in [-0.05, 0) is 32.8 Å². The summed E-state index contributed by atoms with van der Waals surface area (Å²) in [5, 5.41) is 28.6. The van der Waals surface area contributed by atoms with Crippen LogP contribution in [0.2, 0.25) is 0 Å². The molecule has 0 bridgehead atoms. The Balaban J connectivity index is 2.54. The molecule has 0 aliphatic heterocycles. The van der Waals surface area contributed by atoms with Crippen molar-refractivity contribution in [2.24, 2.45) is 0 Å². The summed E-state index contributed by atoms with van der Waals surface area (Å²) in [6, 6.07) is 8.16. The minimum atomic E-state index is -1.33. The maximum absolute atomic E-state index is 12.2. The van der Waals surface area contributed by atoms with Gasteiger partial charge in [0.1, 0.15) is 18.4 Å². The third kappa shape index (κ3) is 12.2. The van der Waals surface area contributed by atoms with Gasteiger partial charge in [0.2, 0.25) is 11.8 Å². The van der Waals surface area contributed by atoms with Crippen molar-refractivity contribution in [2.75, 3.05) is 19.6 Å². The van der Waals surface area contributed by atoms with Gasteiger partial charge in [0.15, 0.2) is 0 Å². The summed E-state index contributed by atoms with van der Waals surface area (Å²) in [6.45, 7) is 3.79. The number of carbonyl (C=O) groups is 4. The van der Waals surface area contributed by atoms with Crippen LogP contribution in [0.25, 0.3) is 0 Å². The molecule has 11 nitrogen and oxygen atoms in total. The van der Waals surface area contributed by atoms with E-state index in [1.54, 1.807) is 45.0 Å². The molecule has 0 radical (unpaired) electrons. The van der Waals surface area contributed by atoms with Crippen LogP contribution in [0.15, 0.2) is 30.3 Å². The lowest BCUT2D eigenvalue weighted by Crippen LogP contribution is -2.54. The van der Waals surface area contributed by atoms with Gasteiger partial charge in [0.25, 0.3) is 0 Å². The number of aliphatic hydroxyl groups is 1. The molecular weight excluding hydrogens is 408 g/mol. The summed E-state index contributed by atoms with van der Waals surface area (Å²) in [4.78, 5) is 46.3. The van der Waals surface area contributed by atoms with E-state index in [1.807, 2.05) is 6.07 Å². The summed E-state index contributed by atoms with van der Waals surface area (Å²) in [5.74, 6) is -2.36. The average Bonchev–Trinajstić information content (AvgIpc) is 2.68. The molecule has 2 atom stereocenters. The van der Waals surface area contributed by atoms with Gasteiger partial charge in [-0.1, -0.05) is 30.3 Å². The molecule has 0 saturated heterocycles. The van der Waals surface area contributed by atoms with Gasteiger partial charge < -0.3 is 30.9 Å². The van der Waals surface area contributed by atoms with Crippen LogP contribution < -0.4 is 21.3 Å². The third-order valence-corrected chi connectivity index (χ3v) is 3.73. The molecule has 1 rings (SSSR count). The van der Waals surface area contributed by atoms with Crippen LogP contribution in [0, 0.1) is 0 Å². The standard InChI is InChI=1S/C20H30N4O7/c1-20(2,3)31-19(30)23-10-15(25)21-11-16(26)24-14(18(29)22-12-17(27)28)9-13-7-5-4-6-8-13/h4-8,14,18,22,29H,9-12H2,1-3H3,(H,21,25)(H,23,30)(H,24,26)(H,27,28)/t14-,18?/m0/s1. The fraction of sp³-hybridized carbons (Fsp3) is 0.500. The predicted octanol–water partition coefficient (Wildman–Crippen LogP) is -0.653. The molecule has 0 aliphatic rings. The summed E-state index contributed by atoms with van der Waals surface area (Å²) < 4.78 is 5.00. The highest BCUT2D eigenvalue weighted by Gasteiger charge is 2.22. The topological polar surface area (TPSA) is 166 Å². The molecule has 1 unspecified atom stereocenters. The second-order valence-electron chi connectivity index (χ2n) is 7.72. The van der Waals surface area contributed by atoms with Crippen molar-refractivity contribution < 1.29 is 34.1 Å². The highest BCUT2D eigenvalue weighted by molar-refractivity contribution is 5.87. The number of nitrogens with one attached hydrogen (secondary N) is 4. The number of alkyl carbamates (subject to hydrolysis) is 1. The molecule has 0 saturated carbocycles. The molecule has 0 heterocycles. The number of amides is 3. The summed E-state index contributed by atoms with van der Waals surface area (Å²) >= 11 is 0. The van der Waals surface area contributed by atoms with E-state index in [9.17, 15) is 24.3 Å². The van der Waals surface area contributed by atoms with Gasteiger partial charge in [0.05, 0.1) is 19.1 Å². The second kappa shape index (κ2) is 12.5. The first-order valence-electron chi connectivity index (χ1n) is 9.66. The molecule has 172 valence electrons. The van der Waals surface area contributed by atoms with Crippen LogP contribution in [-0.2, 0) is 25.5 Å². The van der Waals surface area contributed by atoms with Crippen LogP contribution >= 0.6 is 0 Å². The van der Waals surface area contributed by atoms with Crippen LogP contribution in [0.1, 0.15) is 26.3 Å². The van der Waals surface area contributed by atoms with Crippen LogP contribution in [0.4, 0.5) is 4.79 Å². The van der Waals surface area contributed by atoms with E-state index in [4.69, 9.17) is 9.84 Å². The summed E-state index contributed by atoms with van der Waals surface area (Å²) in [6.07, 6.45) is -1.86. The highest BCUT2D eigenvalue weighted by Crippen LogP contribution is 2.06. The maximum atomic E-state index is 12.2. The minimum Gasteiger partial charge on any atom is -0.480 e. The van der Waals surface area contributed by atoms with Gasteiger partial charge in [-0.2, -0.15) is 0 Å². The van der Waals surface area contributed by atoms with Crippen LogP contribution in [-0.4, -0.2) is 71.6 Å². The van der Waals surface area contributed by atoms with E-state index in [0.717, 1.165) is 5.56 Å². The van der Waals surface area contributed by atoms with Crippen molar-refractivity contribution in [2.45, 2.75) is 45.1 Å². The highest BCUT2D eigenvalue weighted by atomic mass is 16.6. The molecule has 31 heavy (non-hydrogen) atoms. The summed E-state index contributed by atoms with van der Waals surface area (Å²) in [7, 11) is 0. The number of ether oxygens (including phenoxy) is 1. The van der Waals surface area contributed by atoms with Gasteiger partial charge in [-0.15, -0.1) is 0 Å². The average molecular weight is 438 g/mol. The number of carboxylic acids is 1. The Bertz CT molecular complexity index is 750. The zero-order valence-electron chi connectivity index (χ0n) is 17.8. The Morgan fingerprint density at radius 1 is 0.968 bits per heavy atom. The number of hydrogen-bond acceptors (Lipinski definition) is 7. The van der Waals surface area contributed by atoms with E-state index in [-0.39, 0.29) is 13.0 Å². The van der Waals surface area contributed by atoms with Crippen molar-refractivity contribution >= 4 is 23.9 Å². The summed E-state index contributed by atoms with van der Waals surface area (Å²) in [5.41, 5.74) is 0.110. The van der Waals surface area contributed by atoms with Crippen molar-refractivity contribution in [3.8, 4) is 0 Å². The number of aliphatic hydroxyl groups excluding tert-OH is 1. The number of aliphatic carboxylic acids is 1. The van der Waals surface area contributed by atoms with Gasteiger partial charge in [-0.3, -0.25) is 19.7 Å². The Morgan fingerprint density at radius 3 is 2.16 bits per heavy atom. The third-order valence-electron chi connectivity index (χ3n) is 3.73. The SMILES string of the molecule is CC(C)(C)OC(=O)NCC(=O)NCC(=O)N[C@@H](Cc1ccccc1)C(O)NCC(=O)O. The second-order valence-corrected chi connectivity index (χ2v) is 7.72. The van der Waals surface area contributed by atoms with E-state index < -0.39 is 54.8 Å². The predicted molar refractivity (Wildman–Crippen MR) is 111 cm³/mol. The molecule has 1 aromatic rings. The maximum Gasteiger partial charge on any atom is 0.408 e. The smallest absolute Gasteiger partial charge is 0.408 e. The quantitative estimate of drug-likeness (QED) is 0.248. The molecule has 0 aliphatic carbocycles. The first-order valence-corrected chi connectivity index (χ1v) is 9.66. The molecule has 0 fully saturated rings. The molecular formula is C20H30N4O7. The molecule has 1 aromatic carbocycles. The fourth-order valence-corrected chi connectivity index (χ4v) is 2.41. The first-order chi connectivity index (χ1) is 14.5. The molecule has 0 aromatic heterocycles. The zero-order valence-corrected chi connectivity index (χ0v) is 17.8. The Morgan fingerprint density at radius 2 is 1.58 bits per heavy atom. The van der Waals surface area contributed by atoms with Gasteiger partial charge >= 0.3 is 12.1 Å². The zero-order chi connectivity index (χ0) is 23.4. The number of hydrogen-bond donors (Lipinski definition) is 6. The van der Waals surface area contributed by atoms with Crippen LogP contribution in [0.5, 0.6) is 0 Å². The molecule has 3 amide bonds. The molecule has 11 heteroatoms. The Hall–Kier alpha value is -3.18. The lowest BCUT2D eigenvalue weighted by Gasteiger charge is -2.25. The van der Waals surface area contributed by atoms with Gasteiger partial charge in [-0.25, -0.2) is 4.79 Å². The van der Waals surface area contributed by atoms with Crippen LogP contribution in [0.3, 0.4) is 0 Å². The number of benzene rings is 1. The molecule has 6 N–H and O–H groups in total. The first kappa shape index (κ1) is 25.9. The van der Waals surface area contributed by atoms with Crippen molar-refractivity contribution in [1.29, 1.82) is 0 Å². The monoisotopic (exact) mass is 438 g/mol. The lowest BCUT2D eigenvalue weighted by molar-refractivity contribution is -0.136. The van der Waals surface area contributed by atoms with E-state index in [0.29, 0.717) is 0 Å². The Labute approximate surface area is 180 Å². The van der Waals surface area contributed by atoms with Gasteiger partial charge in [0, 0.05) is 0 Å². The van der Waals surface area contributed by atoms with Crippen molar-refractivity contribution in [1.82, 2.24) is 21.3 Å². The van der Waals surface area contributed by atoms with E-state index in [2.05, 4.69) is 21.3 Å². The number of carboxylic acid groups (broad SMARTS) is 1. The number of carbonyl (C=O) groups excluding carboxylic acids is 3. The van der Waals surface area contributed by atoms with E-state index >= 15 is 0 Å².